The summed E-state index contributed by atoms with van der Waals surface area (Å²) in [7, 11) is 3.89. The van der Waals surface area contributed by atoms with Gasteiger partial charge in [0.05, 0.1) is 26.1 Å². The van der Waals surface area contributed by atoms with E-state index in [4.69, 9.17) is 16.1 Å². The normalized spacial score (nSPS) is 12.3. The highest BCUT2D eigenvalue weighted by molar-refractivity contribution is 7.48. The average Bonchev–Trinajstić information content (AvgIpc) is 2.26. The highest BCUT2D eigenvalue weighted by Crippen LogP contribution is 2.28. The van der Waals surface area contributed by atoms with Gasteiger partial charge in [0.25, 0.3) is 5.69 Å². The Morgan fingerprint density at radius 3 is 2.53 bits per heavy atom. The SMILES string of the molecule is C[N+](C)(C)CCO[P+](=O)c1ccc([N+](=O)[O-])cc1Cl. The maximum Gasteiger partial charge on any atom is 0.550 e. The van der Waals surface area contributed by atoms with Gasteiger partial charge in [-0.3, -0.25) is 10.1 Å². The number of hydrogen-bond donors (Lipinski definition) is 0. The molecule has 0 bridgehead atoms. The Balaban J connectivity index is 2.70. The van der Waals surface area contributed by atoms with Crippen LogP contribution >= 0.6 is 19.6 Å². The summed E-state index contributed by atoms with van der Waals surface area (Å²) in [5.74, 6) is 0. The molecule has 1 unspecified atom stereocenters. The van der Waals surface area contributed by atoms with Crippen LogP contribution in [0.15, 0.2) is 18.2 Å². The van der Waals surface area contributed by atoms with Gasteiger partial charge < -0.3 is 4.48 Å². The lowest BCUT2D eigenvalue weighted by atomic mass is 10.3. The molecular formula is C11H16ClN2O4P+2. The molecule has 0 aliphatic carbocycles. The molecule has 0 aromatic heterocycles. The van der Waals surface area contributed by atoms with Crippen molar-refractivity contribution in [3.63, 3.8) is 0 Å². The van der Waals surface area contributed by atoms with Gasteiger partial charge in [-0.25, -0.2) is 0 Å². The van der Waals surface area contributed by atoms with Crippen LogP contribution < -0.4 is 5.30 Å². The summed E-state index contributed by atoms with van der Waals surface area (Å²) in [4.78, 5) is 10.0. The van der Waals surface area contributed by atoms with Gasteiger partial charge in [0, 0.05) is 18.2 Å². The monoisotopic (exact) mass is 306 g/mol. The van der Waals surface area contributed by atoms with Gasteiger partial charge in [0.2, 0.25) is 5.30 Å². The van der Waals surface area contributed by atoms with Crippen LogP contribution in [0.3, 0.4) is 0 Å². The summed E-state index contributed by atoms with van der Waals surface area (Å²) in [6.07, 6.45) is 0. The smallest absolute Gasteiger partial charge is 0.329 e. The minimum Gasteiger partial charge on any atom is -0.329 e. The van der Waals surface area contributed by atoms with E-state index in [1.54, 1.807) is 0 Å². The minimum absolute atomic E-state index is 0.0839. The van der Waals surface area contributed by atoms with Crippen molar-refractivity contribution in [2.24, 2.45) is 0 Å². The molecule has 104 valence electrons. The van der Waals surface area contributed by atoms with E-state index < -0.39 is 13.0 Å². The van der Waals surface area contributed by atoms with Crippen molar-refractivity contribution in [2.45, 2.75) is 0 Å². The fourth-order valence-corrected chi connectivity index (χ4v) is 2.43. The van der Waals surface area contributed by atoms with E-state index >= 15 is 0 Å². The van der Waals surface area contributed by atoms with E-state index in [1.807, 2.05) is 21.1 Å². The number of nitro groups is 1. The van der Waals surface area contributed by atoms with Crippen molar-refractivity contribution in [2.75, 3.05) is 34.3 Å². The average molecular weight is 307 g/mol. The summed E-state index contributed by atoms with van der Waals surface area (Å²) in [5.41, 5.74) is -0.136. The van der Waals surface area contributed by atoms with Crippen molar-refractivity contribution < 1.29 is 18.5 Å². The first kappa shape index (κ1) is 16.0. The number of non-ortho nitro benzene ring substituents is 1. The molecule has 0 saturated heterocycles. The van der Waals surface area contributed by atoms with Crippen molar-refractivity contribution in [3.05, 3.63) is 33.3 Å². The molecule has 1 aromatic rings. The molecule has 1 aromatic carbocycles. The van der Waals surface area contributed by atoms with E-state index in [0.29, 0.717) is 17.6 Å². The van der Waals surface area contributed by atoms with Crippen molar-refractivity contribution >= 4 is 30.6 Å². The molecule has 1 rings (SSSR count). The highest BCUT2D eigenvalue weighted by Gasteiger charge is 2.28. The Hall–Kier alpha value is -1.07. The third-order valence-electron chi connectivity index (χ3n) is 2.31. The zero-order chi connectivity index (χ0) is 14.6. The van der Waals surface area contributed by atoms with Crippen LogP contribution in [0.1, 0.15) is 0 Å². The molecule has 0 N–H and O–H groups in total. The predicted octanol–water partition coefficient (Wildman–Crippen LogP) is 2.34. The van der Waals surface area contributed by atoms with Gasteiger partial charge in [-0.15, -0.1) is 4.52 Å². The van der Waals surface area contributed by atoms with Crippen LogP contribution in [0.2, 0.25) is 5.02 Å². The molecular weight excluding hydrogens is 291 g/mol. The zero-order valence-electron chi connectivity index (χ0n) is 11.0. The Morgan fingerprint density at radius 2 is 2.05 bits per heavy atom. The van der Waals surface area contributed by atoms with Crippen LogP contribution in [0, 0.1) is 10.1 Å². The number of rotatable bonds is 6. The first-order chi connectivity index (χ1) is 8.70. The third-order valence-corrected chi connectivity index (χ3v) is 3.95. The van der Waals surface area contributed by atoms with Crippen molar-refractivity contribution in [1.29, 1.82) is 0 Å². The standard InChI is InChI=1S/C11H16ClN2O4P/c1-14(2,3)6-7-18-19(17)11-5-4-9(13(15)16)8-10(11)12/h4-5,8H,6-7H2,1-3H3/q+2. The minimum atomic E-state index is -2.10. The van der Waals surface area contributed by atoms with E-state index in [1.165, 1.54) is 18.2 Å². The lowest BCUT2D eigenvalue weighted by Gasteiger charge is -2.21. The molecule has 8 heteroatoms. The number of hydrogen-bond acceptors (Lipinski definition) is 4. The number of benzene rings is 1. The molecule has 0 heterocycles. The summed E-state index contributed by atoms with van der Waals surface area (Å²) in [6, 6.07) is 3.80. The molecule has 0 fully saturated rings. The van der Waals surface area contributed by atoms with Crippen LogP contribution in [-0.4, -0.2) is 43.7 Å². The van der Waals surface area contributed by atoms with Crippen LogP contribution in [0.5, 0.6) is 0 Å². The second kappa shape index (κ2) is 6.39. The van der Waals surface area contributed by atoms with Crippen LogP contribution in [0.25, 0.3) is 0 Å². The van der Waals surface area contributed by atoms with Crippen molar-refractivity contribution in [3.8, 4) is 0 Å². The Kier molecular flexibility index (Phi) is 5.38. The molecule has 0 aliphatic heterocycles. The van der Waals surface area contributed by atoms with Gasteiger partial charge in [0.1, 0.15) is 11.6 Å². The van der Waals surface area contributed by atoms with E-state index in [0.717, 1.165) is 0 Å². The second-order valence-corrected chi connectivity index (χ2v) is 6.66. The van der Waals surface area contributed by atoms with Gasteiger partial charge in [0.15, 0.2) is 6.61 Å². The number of nitro benzene ring substituents is 1. The summed E-state index contributed by atoms with van der Waals surface area (Å²) in [6.45, 7) is 1.03. The quantitative estimate of drug-likeness (QED) is 0.350. The number of likely N-dealkylation sites (N-methyl/N-ethyl adjacent to an activating group) is 1. The Bertz CT molecular complexity index is 502. The van der Waals surface area contributed by atoms with Gasteiger partial charge in [-0.1, -0.05) is 11.6 Å². The first-order valence-corrected chi connectivity index (χ1v) is 7.11. The topological polar surface area (TPSA) is 69.4 Å². The zero-order valence-corrected chi connectivity index (χ0v) is 12.6. The fraction of sp³-hybridized carbons (Fsp3) is 0.455. The summed E-state index contributed by atoms with van der Waals surface area (Å²) in [5, 5.41) is 10.9. The molecule has 0 spiro atoms. The second-order valence-electron chi connectivity index (χ2n) is 5.00. The molecule has 1 atom stereocenters. The molecule has 0 saturated carbocycles. The molecule has 19 heavy (non-hydrogen) atoms. The lowest BCUT2D eigenvalue weighted by Crippen LogP contribution is -2.37. The fourth-order valence-electron chi connectivity index (χ4n) is 1.22. The van der Waals surface area contributed by atoms with Gasteiger partial charge in [-0.2, -0.15) is 0 Å². The highest BCUT2D eigenvalue weighted by atomic mass is 35.5. The number of halogens is 1. The first-order valence-electron chi connectivity index (χ1n) is 5.55. The maximum absolute atomic E-state index is 11.9. The van der Waals surface area contributed by atoms with Crippen LogP contribution in [0.4, 0.5) is 5.69 Å². The molecule has 0 aliphatic rings. The van der Waals surface area contributed by atoms with E-state index in [9.17, 15) is 14.7 Å². The van der Waals surface area contributed by atoms with E-state index in [2.05, 4.69) is 0 Å². The van der Waals surface area contributed by atoms with Gasteiger partial charge in [-0.05, 0) is 4.57 Å². The van der Waals surface area contributed by atoms with Gasteiger partial charge >= 0.3 is 8.03 Å². The predicted molar refractivity (Wildman–Crippen MR) is 74.2 cm³/mol. The largest absolute Gasteiger partial charge is 0.550 e. The van der Waals surface area contributed by atoms with Crippen LogP contribution in [-0.2, 0) is 9.09 Å². The number of quaternary nitrogens is 1. The Labute approximate surface area is 117 Å². The molecule has 6 nitrogen and oxygen atoms in total. The lowest BCUT2D eigenvalue weighted by molar-refractivity contribution is -0.870. The van der Waals surface area contributed by atoms with E-state index in [-0.39, 0.29) is 16.0 Å². The Morgan fingerprint density at radius 1 is 1.42 bits per heavy atom. The molecule has 0 amide bonds. The maximum atomic E-state index is 11.9. The third kappa shape index (κ3) is 5.20. The molecule has 0 radical (unpaired) electrons. The summed E-state index contributed by atoms with van der Waals surface area (Å²) >= 11 is 5.87. The van der Waals surface area contributed by atoms with Crippen molar-refractivity contribution in [1.82, 2.24) is 0 Å². The summed E-state index contributed by atoms with van der Waals surface area (Å²) < 4.78 is 17.8. The number of nitrogens with zero attached hydrogens (tertiary/aromatic N) is 2.